The van der Waals surface area contributed by atoms with Gasteiger partial charge in [-0.1, -0.05) is 41.6 Å². The quantitative estimate of drug-likeness (QED) is 0.235. The Balaban J connectivity index is 1.33. The molecule has 5 rings (SSSR count). The van der Waals surface area contributed by atoms with Crippen molar-refractivity contribution in [3.05, 3.63) is 105 Å². The van der Waals surface area contributed by atoms with E-state index in [4.69, 9.17) is 11.6 Å². The number of halogens is 2. The Bertz CT molecular complexity index is 1540. The summed E-state index contributed by atoms with van der Waals surface area (Å²) in [6.45, 7) is 2.30. The third-order valence-electron chi connectivity index (χ3n) is 5.44. The number of carbonyl (C=O) groups is 1. The van der Waals surface area contributed by atoms with Crippen LogP contribution in [0.3, 0.4) is 0 Å². The second-order valence-corrected chi connectivity index (χ2v) is 10.4. The van der Waals surface area contributed by atoms with Gasteiger partial charge in [-0.05, 0) is 54.4 Å². The molecule has 0 spiro atoms. The van der Waals surface area contributed by atoms with Crippen molar-refractivity contribution in [2.24, 2.45) is 0 Å². The van der Waals surface area contributed by atoms with Crippen LogP contribution in [-0.2, 0) is 12.3 Å². The van der Waals surface area contributed by atoms with Crippen LogP contribution in [0.15, 0.2) is 77.5 Å². The van der Waals surface area contributed by atoms with E-state index in [1.54, 1.807) is 29.9 Å². The van der Waals surface area contributed by atoms with Crippen molar-refractivity contribution in [3.63, 3.8) is 0 Å². The second-order valence-electron chi connectivity index (χ2n) is 8.04. The zero-order valence-corrected chi connectivity index (χ0v) is 21.9. The fourth-order valence-corrected chi connectivity index (χ4v) is 5.47. The van der Waals surface area contributed by atoms with Crippen LogP contribution < -0.4 is 5.32 Å². The number of aromatic nitrogens is 5. The molecule has 5 aromatic rings. The average Bonchev–Trinajstić information content (AvgIpc) is 3.56. The van der Waals surface area contributed by atoms with Crippen LogP contribution in [0.25, 0.3) is 17.1 Å². The Labute approximate surface area is 225 Å². The number of nitrogens with zero attached hydrogens (tertiary/aromatic N) is 5. The van der Waals surface area contributed by atoms with Gasteiger partial charge < -0.3 is 5.32 Å². The van der Waals surface area contributed by atoms with Gasteiger partial charge in [0.05, 0.1) is 11.4 Å². The minimum absolute atomic E-state index is 0.284. The Morgan fingerprint density at radius 2 is 2.00 bits per heavy atom. The van der Waals surface area contributed by atoms with Crippen molar-refractivity contribution in [1.82, 2.24) is 30.0 Å². The molecule has 186 valence electrons. The molecule has 1 N–H and O–H groups in total. The lowest BCUT2D eigenvalue weighted by molar-refractivity contribution is 0.0946. The van der Waals surface area contributed by atoms with Crippen LogP contribution in [0.1, 0.15) is 26.6 Å². The van der Waals surface area contributed by atoms with Gasteiger partial charge in [-0.15, -0.1) is 21.5 Å². The Morgan fingerprint density at radius 3 is 2.78 bits per heavy atom. The summed E-state index contributed by atoms with van der Waals surface area (Å²) in [5.74, 6) is 0.556. The van der Waals surface area contributed by atoms with Crippen LogP contribution in [-0.4, -0.2) is 30.6 Å². The number of aryl methyl sites for hydroxylation is 1. The van der Waals surface area contributed by atoms with Crippen molar-refractivity contribution < 1.29 is 9.18 Å². The molecule has 3 aromatic heterocycles. The Kier molecular flexibility index (Phi) is 7.59. The third-order valence-corrected chi connectivity index (χ3v) is 7.65. The summed E-state index contributed by atoms with van der Waals surface area (Å²) < 4.78 is 15.0. The maximum Gasteiger partial charge on any atom is 0.271 e. The molecular formula is C26H20ClFN6OS2. The van der Waals surface area contributed by atoms with Gasteiger partial charge in [-0.2, -0.15) is 0 Å². The van der Waals surface area contributed by atoms with E-state index >= 15 is 0 Å². The summed E-state index contributed by atoms with van der Waals surface area (Å²) in [5, 5.41) is 15.5. The van der Waals surface area contributed by atoms with Gasteiger partial charge in [0.1, 0.15) is 16.5 Å². The van der Waals surface area contributed by atoms with Gasteiger partial charge in [0.2, 0.25) is 0 Å². The molecule has 1 amide bonds. The first kappa shape index (κ1) is 25.1. The molecule has 0 aliphatic heterocycles. The SMILES string of the molecule is Cc1ccc(Cl)cc1-n1c(SCc2nc(C(=O)NCc3ccc(F)cc3)cs2)nnc1-c1cccnc1. The van der Waals surface area contributed by atoms with Gasteiger partial charge in [-0.25, -0.2) is 9.37 Å². The monoisotopic (exact) mass is 550 g/mol. The smallest absolute Gasteiger partial charge is 0.271 e. The number of hydrogen-bond acceptors (Lipinski definition) is 7. The van der Waals surface area contributed by atoms with E-state index in [1.165, 1.54) is 35.2 Å². The lowest BCUT2D eigenvalue weighted by Gasteiger charge is -2.13. The highest BCUT2D eigenvalue weighted by Gasteiger charge is 2.19. The first-order valence-corrected chi connectivity index (χ1v) is 13.4. The van der Waals surface area contributed by atoms with Crippen LogP contribution in [0.4, 0.5) is 4.39 Å². The molecule has 0 radical (unpaired) electrons. The van der Waals surface area contributed by atoms with Gasteiger partial charge >= 0.3 is 0 Å². The van der Waals surface area contributed by atoms with E-state index in [0.717, 1.165) is 27.4 Å². The molecule has 3 heterocycles. The predicted octanol–water partition coefficient (Wildman–Crippen LogP) is 6.11. The molecule has 11 heteroatoms. The maximum atomic E-state index is 13.1. The molecule has 0 bridgehead atoms. The molecule has 0 atom stereocenters. The van der Waals surface area contributed by atoms with E-state index in [-0.39, 0.29) is 11.7 Å². The Hall–Kier alpha value is -3.60. The van der Waals surface area contributed by atoms with Crippen molar-refractivity contribution in [2.75, 3.05) is 0 Å². The van der Waals surface area contributed by atoms with Crippen molar-refractivity contribution in [3.8, 4) is 17.1 Å². The largest absolute Gasteiger partial charge is 0.347 e. The molecule has 0 saturated carbocycles. The zero-order chi connectivity index (χ0) is 25.8. The predicted molar refractivity (Wildman–Crippen MR) is 144 cm³/mol. The van der Waals surface area contributed by atoms with E-state index in [1.807, 2.05) is 41.8 Å². The second kappa shape index (κ2) is 11.2. The van der Waals surface area contributed by atoms with Crippen molar-refractivity contribution in [1.29, 1.82) is 0 Å². The number of pyridine rings is 1. The van der Waals surface area contributed by atoms with Crippen molar-refractivity contribution >= 4 is 40.6 Å². The number of rotatable bonds is 8. The average molecular weight is 551 g/mol. The van der Waals surface area contributed by atoms with Gasteiger partial charge in [0.15, 0.2) is 11.0 Å². The highest BCUT2D eigenvalue weighted by Crippen LogP contribution is 2.32. The van der Waals surface area contributed by atoms with Crippen molar-refractivity contribution in [2.45, 2.75) is 24.4 Å². The number of benzene rings is 2. The number of thioether (sulfide) groups is 1. The van der Waals surface area contributed by atoms with Crippen LogP contribution in [0, 0.1) is 12.7 Å². The van der Waals surface area contributed by atoms with Gasteiger partial charge in [-0.3, -0.25) is 14.3 Å². The minimum Gasteiger partial charge on any atom is -0.347 e. The third kappa shape index (κ3) is 5.87. The van der Waals surface area contributed by atoms with Gasteiger partial charge in [0.25, 0.3) is 5.91 Å². The molecule has 0 aliphatic carbocycles. The molecule has 7 nitrogen and oxygen atoms in total. The normalized spacial score (nSPS) is 11.0. The maximum absolute atomic E-state index is 13.1. The van der Waals surface area contributed by atoms with Crippen LogP contribution in [0.2, 0.25) is 5.02 Å². The lowest BCUT2D eigenvalue weighted by Crippen LogP contribution is -2.23. The molecule has 2 aromatic carbocycles. The molecular weight excluding hydrogens is 531 g/mol. The van der Waals surface area contributed by atoms with E-state index < -0.39 is 0 Å². The summed E-state index contributed by atoms with van der Waals surface area (Å²) in [4.78, 5) is 21.3. The first-order valence-electron chi connectivity index (χ1n) is 11.2. The fraction of sp³-hybridized carbons (Fsp3) is 0.115. The number of hydrogen-bond donors (Lipinski definition) is 1. The topological polar surface area (TPSA) is 85.6 Å². The lowest BCUT2D eigenvalue weighted by atomic mass is 10.2. The standard InChI is InChI=1S/C26H20ClFN6OS2/c1-16-4-7-19(27)11-22(16)34-24(18-3-2-10-29-13-18)32-33-26(34)37-15-23-31-21(14-36-23)25(35)30-12-17-5-8-20(28)9-6-17/h2-11,13-14H,12,15H2,1H3,(H,30,35). The van der Waals surface area contributed by atoms with E-state index in [0.29, 0.717) is 34.0 Å². The Morgan fingerprint density at radius 1 is 1.16 bits per heavy atom. The first-order chi connectivity index (χ1) is 18.0. The van der Waals surface area contributed by atoms with Crippen LogP contribution in [0.5, 0.6) is 0 Å². The molecule has 0 saturated heterocycles. The summed E-state index contributed by atoms with van der Waals surface area (Å²) in [6.07, 6.45) is 3.45. The highest BCUT2D eigenvalue weighted by atomic mass is 35.5. The number of carbonyl (C=O) groups excluding carboxylic acids is 1. The minimum atomic E-state index is -0.314. The molecule has 37 heavy (non-hydrogen) atoms. The van der Waals surface area contributed by atoms with Gasteiger partial charge in [0, 0.05) is 34.9 Å². The summed E-state index contributed by atoms with van der Waals surface area (Å²) >= 11 is 9.19. The summed E-state index contributed by atoms with van der Waals surface area (Å²) in [7, 11) is 0. The van der Waals surface area contributed by atoms with E-state index in [2.05, 4.69) is 25.5 Å². The van der Waals surface area contributed by atoms with Crippen LogP contribution >= 0.6 is 34.7 Å². The summed E-state index contributed by atoms with van der Waals surface area (Å²) in [6, 6.07) is 15.5. The highest BCUT2D eigenvalue weighted by molar-refractivity contribution is 7.98. The fourth-order valence-electron chi connectivity index (χ4n) is 3.57. The molecule has 0 aliphatic rings. The summed E-state index contributed by atoms with van der Waals surface area (Å²) in [5.41, 5.74) is 3.87. The molecule has 0 unspecified atom stereocenters. The molecule has 0 fully saturated rings. The number of nitrogens with one attached hydrogen (secondary N) is 1. The number of amides is 1. The number of thiazole rings is 1. The van der Waals surface area contributed by atoms with E-state index in [9.17, 15) is 9.18 Å². The zero-order valence-electron chi connectivity index (χ0n) is 19.6.